The van der Waals surface area contributed by atoms with Gasteiger partial charge in [-0.1, -0.05) is 24.6 Å². The molecule has 2 aromatic rings. The van der Waals surface area contributed by atoms with Gasteiger partial charge in [0.25, 0.3) is 11.1 Å². The van der Waals surface area contributed by atoms with Gasteiger partial charge in [-0.15, -0.1) is 0 Å². The Kier molecular flexibility index (Phi) is 8.24. The van der Waals surface area contributed by atoms with E-state index < -0.39 is 23.6 Å². The molecule has 1 saturated heterocycles. The molecule has 2 aromatic carbocycles. The van der Waals surface area contributed by atoms with Crippen molar-refractivity contribution in [3.05, 3.63) is 51.9 Å². The number of nitrogens with one attached hydrogen (secondary N) is 1. The number of thioether (sulfide) groups is 1. The summed E-state index contributed by atoms with van der Waals surface area (Å²) >= 11 is 6.83. The molecule has 1 N–H and O–H groups in total. The van der Waals surface area contributed by atoms with Crippen molar-refractivity contribution in [2.75, 3.05) is 32.7 Å². The lowest BCUT2D eigenvalue weighted by atomic mass is 10.2. The molecule has 0 saturated carbocycles. The second kappa shape index (κ2) is 11.1. The van der Waals surface area contributed by atoms with Crippen molar-refractivity contribution >= 4 is 52.2 Å². The predicted octanol–water partition coefficient (Wildman–Crippen LogP) is 4.82. The Morgan fingerprint density at radius 1 is 1.09 bits per heavy atom. The Hall–Kier alpha value is -3.17. The maximum atomic E-state index is 12.8. The van der Waals surface area contributed by atoms with Crippen LogP contribution in [0.1, 0.15) is 18.9 Å². The van der Waals surface area contributed by atoms with Gasteiger partial charge in [-0.25, -0.2) is 0 Å². The van der Waals surface area contributed by atoms with Crippen LogP contribution in [0, 0.1) is 0 Å². The molecule has 3 rings (SSSR count). The number of halogens is 1. The van der Waals surface area contributed by atoms with Gasteiger partial charge in [-0.05, 0) is 60.2 Å². The van der Waals surface area contributed by atoms with Crippen molar-refractivity contribution in [1.29, 1.82) is 0 Å². The summed E-state index contributed by atoms with van der Waals surface area (Å²) in [5.74, 6) is 0.512. The average Bonchev–Trinajstić information content (AvgIpc) is 3.05. The largest absolute Gasteiger partial charge is 0.495 e. The van der Waals surface area contributed by atoms with Crippen LogP contribution >= 0.6 is 23.4 Å². The highest BCUT2D eigenvalue weighted by Crippen LogP contribution is 2.34. The van der Waals surface area contributed by atoms with Gasteiger partial charge in [0.2, 0.25) is 5.91 Å². The first-order valence-corrected chi connectivity index (χ1v) is 11.2. The summed E-state index contributed by atoms with van der Waals surface area (Å²) in [4.78, 5) is 38.6. The lowest BCUT2D eigenvalue weighted by molar-refractivity contribution is -0.127. The third-order valence-electron chi connectivity index (χ3n) is 4.56. The highest BCUT2D eigenvalue weighted by atomic mass is 35.5. The first-order chi connectivity index (χ1) is 15.9. The van der Waals surface area contributed by atoms with E-state index in [1.54, 1.807) is 36.4 Å². The van der Waals surface area contributed by atoms with E-state index in [4.69, 9.17) is 25.8 Å². The number of hydrogen-bond acceptors (Lipinski definition) is 7. The van der Waals surface area contributed by atoms with Crippen molar-refractivity contribution in [2.45, 2.75) is 13.3 Å². The van der Waals surface area contributed by atoms with Gasteiger partial charge in [-0.3, -0.25) is 19.3 Å². The Morgan fingerprint density at radius 3 is 2.48 bits per heavy atom. The summed E-state index contributed by atoms with van der Waals surface area (Å²) in [6.45, 7) is 2.14. The number of anilines is 1. The molecule has 33 heavy (non-hydrogen) atoms. The van der Waals surface area contributed by atoms with E-state index in [-0.39, 0.29) is 4.91 Å². The summed E-state index contributed by atoms with van der Waals surface area (Å²) in [6.07, 6.45) is 2.44. The van der Waals surface area contributed by atoms with Crippen molar-refractivity contribution in [3.8, 4) is 17.2 Å². The van der Waals surface area contributed by atoms with Crippen molar-refractivity contribution < 1.29 is 28.6 Å². The van der Waals surface area contributed by atoms with Crippen LogP contribution in [0.5, 0.6) is 17.2 Å². The second-order valence-corrected chi connectivity index (χ2v) is 8.32. The fourth-order valence-electron chi connectivity index (χ4n) is 2.98. The minimum Gasteiger partial charge on any atom is -0.495 e. The van der Waals surface area contributed by atoms with Crippen LogP contribution < -0.4 is 19.5 Å². The van der Waals surface area contributed by atoms with E-state index in [0.717, 1.165) is 23.1 Å². The zero-order chi connectivity index (χ0) is 24.0. The van der Waals surface area contributed by atoms with Gasteiger partial charge in [-0.2, -0.15) is 0 Å². The van der Waals surface area contributed by atoms with E-state index in [0.29, 0.717) is 40.1 Å². The Bertz CT molecular complexity index is 1100. The van der Waals surface area contributed by atoms with Crippen LogP contribution in [0.15, 0.2) is 41.3 Å². The van der Waals surface area contributed by atoms with Gasteiger partial charge in [0.15, 0.2) is 11.5 Å². The van der Waals surface area contributed by atoms with E-state index in [1.165, 1.54) is 20.3 Å². The monoisotopic (exact) mass is 490 g/mol. The number of carbonyl (C=O) groups is 3. The zero-order valence-corrected chi connectivity index (χ0v) is 19.9. The van der Waals surface area contributed by atoms with Gasteiger partial charge in [0.05, 0.1) is 30.8 Å². The van der Waals surface area contributed by atoms with Gasteiger partial charge < -0.3 is 19.5 Å². The smallest absolute Gasteiger partial charge is 0.294 e. The normalized spacial score (nSPS) is 14.5. The molecule has 0 aliphatic carbocycles. The molecule has 10 heteroatoms. The number of methoxy groups -OCH3 is 2. The SMILES string of the molecule is CCCOc1ccc(C=C2SC(=O)N(CC(=O)Nc3ccc(OC)c(Cl)c3)C2=O)cc1OC. The molecule has 0 radical (unpaired) electrons. The van der Waals surface area contributed by atoms with E-state index in [9.17, 15) is 14.4 Å². The van der Waals surface area contributed by atoms with E-state index in [2.05, 4.69) is 5.32 Å². The molecule has 0 unspecified atom stereocenters. The minimum absolute atomic E-state index is 0.213. The number of nitrogens with zero attached hydrogens (tertiary/aromatic N) is 1. The first-order valence-electron chi connectivity index (χ1n) is 10.1. The number of rotatable bonds is 9. The van der Waals surface area contributed by atoms with Crippen LogP contribution in [0.2, 0.25) is 5.02 Å². The maximum Gasteiger partial charge on any atom is 0.294 e. The van der Waals surface area contributed by atoms with E-state index in [1.807, 2.05) is 6.92 Å². The Morgan fingerprint density at radius 2 is 1.82 bits per heavy atom. The molecule has 1 heterocycles. The topological polar surface area (TPSA) is 94.2 Å². The predicted molar refractivity (Wildman–Crippen MR) is 128 cm³/mol. The molecule has 174 valence electrons. The van der Waals surface area contributed by atoms with Crippen LogP contribution in [0.3, 0.4) is 0 Å². The lowest BCUT2D eigenvalue weighted by Gasteiger charge is -2.13. The molecule has 0 aromatic heterocycles. The molecule has 1 aliphatic heterocycles. The van der Waals surface area contributed by atoms with Crippen LogP contribution in [0.4, 0.5) is 10.5 Å². The number of amides is 3. The van der Waals surface area contributed by atoms with Crippen LogP contribution in [-0.4, -0.2) is 49.3 Å². The highest BCUT2D eigenvalue weighted by molar-refractivity contribution is 8.18. The van der Waals surface area contributed by atoms with Crippen molar-refractivity contribution in [1.82, 2.24) is 4.90 Å². The number of carbonyl (C=O) groups excluding carboxylic acids is 3. The Balaban J connectivity index is 1.69. The third kappa shape index (κ3) is 6.00. The van der Waals surface area contributed by atoms with Crippen LogP contribution in [0.25, 0.3) is 6.08 Å². The number of benzene rings is 2. The minimum atomic E-state index is -0.543. The maximum absolute atomic E-state index is 12.8. The summed E-state index contributed by atoms with van der Waals surface area (Å²) in [6, 6.07) is 9.97. The van der Waals surface area contributed by atoms with Crippen molar-refractivity contribution in [2.24, 2.45) is 0 Å². The quantitative estimate of drug-likeness (QED) is 0.503. The molecule has 0 spiro atoms. The summed E-state index contributed by atoms with van der Waals surface area (Å²) in [7, 11) is 3.01. The first kappa shape index (κ1) is 24.5. The molecule has 1 fully saturated rings. The van der Waals surface area contributed by atoms with Gasteiger partial charge in [0.1, 0.15) is 12.3 Å². The van der Waals surface area contributed by atoms with Gasteiger partial charge in [0, 0.05) is 5.69 Å². The number of imide groups is 1. The molecule has 1 aliphatic rings. The standard InChI is InChI=1S/C23H23ClN2O6S/c1-4-9-32-18-7-5-14(10-19(18)31-3)11-20-22(28)26(23(29)33-20)13-21(27)25-15-6-8-17(30-2)16(24)12-15/h5-8,10-12H,4,9,13H2,1-3H3,(H,25,27). The summed E-state index contributed by atoms with van der Waals surface area (Å²) in [5, 5.41) is 2.42. The van der Waals surface area contributed by atoms with Crippen LogP contribution in [-0.2, 0) is 9.59 Å². The molecular weight excluding hydrogens is 468 g/mol. The molecule has 3 amide bonds. The Labute approximate surface area is 200 Å². The second-order valence-electron chi connectivity index (χ2n) is 6.92. The molecule has 0 bridgehead atoms. The van der Waals surface area contributed by atoms with Crippen molar-refractivity contribution in [3.63, 3.8) is 0 Å². The summed E-state index contributed by atoms with van der Waals surface area (Å²) in [5.41, 5.74) is 1.09. The lowest BCUT2D eigenvalue weighted by Crippen LogP contribution is -2.36. The third-order valence-corrected chi connectivity index (χ3v) is 5.76. The summed E-state index contributed by atoms with van der Waals surface area (Å²) < 4.78 is 16.1. The molecular formula is C23H23ClN2O6S. The average molecular weight is 491 g/mol. The molecule has 8 nitrogen and oxygen atoms in total. The number of ether oxygens (including phenoxy) is 3. The van der Waals surface area contributed by atoms with E-state index >= 15 is 0 Å². The fourth-order valence-corrected chi connectivity index (χ4v) is 4.08. The fraction of sp³-hybridized carbons (Fsp3) is 0.261. The highest BCUT2D eigenvalue weighted by Gasteiger charge is 2.36. The zero-order valence-electron chi connectivity index (χ0n) is 18.3. The molecule has 0 atom stereocenters. The number of hydrogen-bond donors (Lipinski definition) is 1. The van der Waals surface area contributed by atoms with Gasteiger partial charge >= 0.3 is 0 Å².